The minimum absolute atomic E-state index is 0.0412. The maximum atomic E-state index is 12.0. The number of hydrogen-bond acceptors (Lipinski definition) is 5. The summed E-state index contributed by atoms with van der Waals surface area (Å²) in [5, 5.41) is 3.10. The Morgan fingerprint density at radius 1 is 1.28 bits per heavy atom. The van der Waals surface area contributed by atoms with Gasteiger partial charge in [0.1, 0.15) is 0 Å². The second-order valence-electron chi connectivity index (χ2n) is 6.15. The topological polar surface area (TPSA) is 81.2 Å². The second kappa shape index (κ2) is 7.35. The van der Waals surface area contributed by atoms with E-state index in [4.69, 9.17) is 16.3 Å². The van der Waals surface area contributed by atoms with Crippen LogP contribution in [0, 0.1) is 5.92 Å². The number of hydrogen-bond donors (Lipinski definition) is 1. The molecule has 1 amide bonds. The molecule has 0 radical (unpaired) electrons. The van der Waals surface area contributed by atoms with Crippen LogP contribution in [-0.4, -0.2) is 29.0 Å². The molecule has 1 aliphatic rings. The Bertz CT molecular complexity index is 834. The van der Waals surface area contributed by atoms with Gasteiger partial charge < -0.3 is 10.1 Å². The molecule has 2 aromatic rings. The minimum atomic E-state index is -0.409. The van der Waals surface area contributed by atoms with Crippen LogP contribution in [0.2, 0.25) is 5.15 Å². The second-order valence-corrected chi connectivity index (χ2v) is 6.51. The van der Waals surface area contributed by atoms with Crippen molar-refractivity contribution in [1.82, 2.24) is 15.3 Å². The van der Waals surface area contributed by atoms with E-state index in [1.165, 1.54) is 7.11 Å². The summed E-state index contributed by atoms with van der Waals surface area (Å²) in [5.74, 6) is -0.255. The van der Waals surface area contributed by atoms with Gasteiger partial charge in [0.15, 0.2) is 5.15 Å². The van der Waals surface area contributed by atoms with Crippen LogP contribution in [0.1, 0.15) is 47.8 Å². The van der Waals surface area contributed by atoms with Gasteiger partial charge in [-0.3, -0.25) is 4.79 Å². The first-order chi connectivity index (χ1) is 12.0. The fourth-order valence-corrected chi connectivity index (χ4v) is 3.05. The fourth-order valence-electron chi connectivity index (χ4n) is 2.85. The number of fused-ring (bicyclic) bond motifs is 1. The van der Waals surface area contributed by atoms with Crippen LogP contribution in [0.25, 0.3) is 11.0 Å². The number of amides is 1. The highest BCUT2D eigenvalue weighted by Gasteiger charge is 2.25. The van der Waals surface area contributed by atoms with Crippen LogP contribution >= 0.6 is 11.6 Å². The van der Waals surface area contributed by atoms with Crippen LogP contribution in [0.5, 0.6) is 0 Å². The molecule has 0 saturated heterocycles. The molecule has 1 saturated carbocycles. The molecule has 0 bridgehead atoms. The van der Waals surface area contributed by atoms with Crippen molar-refractivity contribution in [1.29, 1.82) is 0 Å². The molecule has 1 aromatic heterocycles. The molecular weight excluding hydrogens is 342 g/mol. The van der Waals surface area contributed by atoms with E-state index in [-0.39, 0.29) is 23.5 Å². The number of esters is 1. The number of nitrogens with one attached hydrogen (secondary N) is 1. The predicted molar refractivity (Wildman–Crippen MR) is 94.5 cm³/mol. The number of carbonyl (C=O) groups excluding carboxylic acids is 2. The SMILES string of the molecule is CCc1cc2nc(CNC(=O)C3CCC3)c(Cl)nc2cc1C(=O)OC. The van der Waals surface area contributed by atoms with Crippen molar-refractivity contribution in [3.63, 3.8) is 0 Å². The lowest BCUT2D eigenvalue weighted by Crippen LogP contribution is -2.34. The van der Waals surface area contributed by atoms with Gasteiger partial charge in [-0.2, -0.15) is 0 Å². The van der Waals surface area contributed by atoms with Crippen LogP contribution in [0.3, 0.4) is 0 Å². The van der Waals surface area contributed by atoms with Gasteiger partial charge in [0.2, 0.25) is 5.91 Å². The number of aryl methyl sites for hydroxylation is 1. The van der Waals surface area contributed by atoms with E-state index < -0.39 is 5.97 Å². The Morgan fingerprint density at radius 3 is 2.60 bits per heavy atom. The Hall–Kier alpha value is -2.21. The molecule has 0 aliphatic heterocycles. The smallest absolute Gasteiger partial charge is 0.338 e. The molecule has 1 heterocycles. The summed E-state index contributed by atoms with van der Waals surface area (Å²) in [4.78, 5) is 32.7. The van der Waals surface area contributed by atoms with Crippen LogP contribution in [0.15, 0.2) is 12.1 Å². The standard InChI is InChI=1S/C18H20ClN3O3/c1-3-10-7-13-14(8-12(10)18(24)25-2)22-16(19)15(21-13)9-20-17(23)11-5-4-6-11/h7-8,11H,3-6,9H2,1-2H3,(H,20,23). The molecular formula is C18H20ClN3O3. The molecule has 0 atom stereocenters. The van der Waals surface area contributed by atoms with Gasteiger partial charge in [-0.25, -0.2) is 14.8 Å². The van der Waals surface area contributed by atoms with Crippen molar-refractivity contribution >= 4 is 34.5 Å². The summed E-state index contributed by atoms with van der Waals surface area (Å²) in [7, 11) is 1.35. The summed E-state index contributed by atoms with van der Waals surface area (Å²) >= 11 is 6.21. The van der Waals surface area contributed by atoms with E-state index in [0.717, 1.165) is 24.8 Å². The van der Waals surface area contributed by atoms with Gasteiger partial charge in [0.05, 0.1) is 35.9 Å². The highest BCUT2D eigenvalue weighted by Crippen LogP contribution is 2.27. The number of halogens is 1. The van der Waals surface area contributed by atoms with Crippen LogP contribution < -0.4 is 5.32 Å². The van der Waals surface area contributed by atoms with E-state index in [2.05, 4.69) is 15.3 Å². The average molecular weight is 362 g/mol. The van der Waals surface area contributed by atoms with Gasteiger partial charge in [-0.15, -0.1) is 0 Å². The normalized spacial score (nSPS) is 14.2. The molecule has 1 aromatic carbocycles. The molecule has 0 spiro atoms. The Morgan fingerprint density at radius 2 is 2.00 bits per heavy atom. The van der Waals surface area contributed by atoms with E-state index in [0.29, 0.717) is 28.7 Å². The number of nitrogens with zero attached hydrogens (tertiary/aromatic N) is 2. The van der Waals surface area contributed by atoms with Crippen LogP contribution in [0.4, 0.5) is 0 Å². The van der Waals surface area contributed by atoms with Gasteiger partial charge in [-0.1, -0.05) is 24.9 Å². The highest BCUT2D eigenvalue weighted by molar-refractivity contribution is 6.30. The van der Waals surface area contributed by atoms with Crippen molar-refractivity contribution in [3.8, 4) is 0 Å². The third-order valence-electron chi connectivity index (χ3n) is 4.60. The lowest BCUT2D eigenvalue weighted by atomic mass is 9.85. The lowest BCUT2D eigenvalue weighted by molar-refractivity contribution is -0.127. The summed E-state index contributed by atoms with van der Waals surface area (Å²) in [6.45, 7) is 2.20. The molecule has 25 heavy (non-hydrogen) atoms. The predicted octanol–water partition coefficient (Wildman–Crippen LogP) is 3.05. The highest BCUT2D eigenvalue weighted by atomic mass is 35.5. The zero-order valence-corrected chi connectivity index (χ0v) is 15.0. The maximum Gasteiger partial charge on any atom is 0.338 e. The van der Waals surface area contributed by atoms with E-state index in [1.54, 1.807) is 6.07 Å². The summed E-state index contributed by atoms with van der Waals surface area (Å²) in [5.41, 5.74) is 2.99. The van der Waals surface area contributed by atoms with Gasteiger partial charge >= 0.3 is 5.97 Å². The van der Waals surface area contributed by atoms with Crippen LogP contribution in [-0.2, 0) is 22.5 Å². The van der Waals surface area contributed by atoms with Crippen molar-refractivity contribution in [2.45, 2.75) is 39.2 Å². The average Bonchev–Trinajstić information content (AvgIpc) is 2.56. The number of benzene rings is 1. The minimum Gasteiger partial charge on any atom is -0.465 e. The van der Waals surface area contributed by atoms with Gasteiger partial charge in [-0.05, 0) is 37.0 Å². The zero-order valence-electron chi connectivity index (χ0n) is 14.3. The molecule has 0 unspecified atom stereocenters. The quantitative estimate of drug-likeness (QED) is 0.828. The van der Waals surface area contributed by atoms with E-state index >= 15 is 0 Å². The van der Waals surface area contributed by atoms with E-state index in [1.807, 2.05) is 13.0 Å². The largest absolute Gasteiger partial charge is 0.465 e. The molecule has 1 N–H and O–H groups in total. The summed E-state index contributed by atoms with van der Waals surface area (Å²) < 4.78 is 4.82. The van der Waals surface area contributed by atoms with Gasteiger partial charge in [0, 0.05) is 5.92 Å². The molecule has 7 heteroatoms. The van der Waals surface area contributed by atoms with Crippen molar-refractivity contribution in [3.05, 3.63) is 34.1 Å². The number of carbonyl (C=O) groups is 2. The monoisotopic (exact) mass is 361 g/mol. The Kier molecular flexibility index (Phi) is 5.18. The van der Waals surface area contributed by atoms with E-state index in [9.17, 15) is 9.59 Å². The number of rotatable bonds is 5. The zero-order chi connectivity index (χ0) is 18.0. The van der Waals surface area contributed by atoms with Gasteiger partial charge in [0.25, 0.3) is 0 Å². The first-order valence-corrected chi connectivity index (χ1v) is 8.76. The molecule has 3 rings (SSSR count). The third kappa shape index (κ3) is 3.58. The lowest BCUT2D eigenvalue weighted by Gasteiger charge is -2.24. The van der Waals surface area contributed by atoms with Crippen molar-refractivity contribution in [2.75, 3.05) is 7.11 Å². The summed E-state index contributed by atoms with van der Waals surface area (Å²) in [6.07, 6.45) is 3.66. The number of aromatic nitrogens is 2. The number of ether oxygens (including phenoxy) is 1. The molecule has 132 valence electrons. The number of methoxy groups -OCH3 is 1. The van der Waals surface area contributed by atoms with Crippen molar-refractivity contribution < 1.29 is 14.3 Å². The molecule has 1 aliphatic carbocycles. The third-order valence-corrected chi connectivity index (χ3v) is 4.91. The fraction of sp³-hybridized carbons (Fsp3) is 0.444. The first-order valence-electron chi connectivity index (χ1n) is 8.38. The molecule has 1 fully saturated rings. The van der Waals surface area contributed by atoms with Crippen molar-refractivity contribution in [2.24, 2.45) is 5.92 Å². The maximum absolute atomic E-state index is 12.0. The molecule has 6 nitrogen and oxygen atoms in total. The summed E-state index contributed by atoms with van der Waals surface area (Å²) in [6, 6.07) is 3.47. The first kappa shape index (κ1) is 17.6. The Balaban J connectivity index is 1.89. The Labute approximate surface area is 150 Å².